The van der Waals surface area contributed by atoms with Crippen LogP contribution in [0.1, 0.15) is 11.1 Å². The molecule has 0 atom stereocenters. The van der Waals surface area contributed by atoms with Gasteiger partial charge in [0.25, 0.3) is 0 Å². The maximum atomic E-state index is 2.43. The molecule has 0 aliphatic carbocycles. The Morgan fingerprint density at radius 2 is 1.35 bits per heavy atom. The zero-order chi connectivity index (χ0) is 18.1. The first kappa shape index (κ1) is 16.9. The lowest BCUT2D eigenvalue weighted by molar-refractivity contribution is 0.421. The lowest BCUT2D eigenvalue weighted by Crippen LogP contribution is -2.22. The van der Waals surface area contributed by atoms with E-state index >= 15 is 0 Å². The van der Waals surface area contributed by atoms with Crippen molar-refractivity contribution in [3.8, 4) is 22.3 Å². The smallest absolute Gasteiger partial charge is 0.0705 e. The molecule has 0 bridgehead atoms. The molecule has 0 amide bonds. The summed E-state index contributed by atoms with van der Waals surface area (Å²) in [4.78, 5) is 4.78. The minimum absolute atomic E-state index is 1.02. The number of likely N-dealkylation sites (N-methyl/N-ethyl adjacent to an activating group) is 1. The first-order valence-electron chi connectivity index (χ1n) is 9.32. The molecule has 0 N–H and O–H groups in total. The van der Waals surface area contributed by atoms with Gasteiger partial charge in [-0.05, 0) is 66.4 Å². The maximum absolute atomic E-state index is 2.43. The van der Waals surface area contributed by atoms with Crippen molar-refractivity contribution in [3.05, 3.63) is 77.9 Å². The van der Waals surface area contributed by atoms with Gasteiger partial charge in [-0.2, -0.15) is 0 Å². The maximum Gasteiger partial charge on any atom is 0.0705 e. The van der Waals surface area contributed by atoms with Crippen molar-refractivity contribution < 1.29 is 0 Å². The van der Waals surface area contributed by atoms with E-state index < -0.39 is 0 Å². The van der Waals surface area contributed by atoms with Crippen LogP contribution in [0.2, 0.25) is 0 Å². The van der Waals surface area contributed by atoms with Crippen molar-refractivity contribution in [1.29, 1.82) is 0 Å². The van der Waals surface area contributed by atoms with Gasteiger partial charge in [0.1, 0.15) is 0 Å². The van der Waals surface area contributed by atoms with Crippen molar-refractivity contribution in [1.82, 2.24) is 4.90 Å². The summed E-state index contributed by atoms with van der Waals surface area (Å²) in [7, 11) is 2.18. The van der Waals surface area contributed by atoms with Gasteiger partial charge in [0, 0.05) is 18.8 Å². The number of hydrogen-bond donors (Lipinski definition) is 0. The Morgan fingerprint density at radius 1 is 0.692 bits per heavy atom. The monoisotopic (exact) mass is 342 g/mol. The van der Waals surface area contributed by atoms with Crippen molar-refractivity contribution >= 4 is 5.69 Å². The predicted molar refractivity (Wildman–Crippen MR) is 112 cm³/mol. The largest absolute Gasteiger partial charge is 0.357 e. The second kappa shape index (κ2) is 6.97. The molecule has 1 heterocycles. The molecule has 4 rings (SSSR count). The van der Waals surface area contributed by atoms with Crippen LogP contribution < -0.4 is 4.90 Å². The number of hydrogen-bond acceptors (Lipinski definition) is 2. The molecule has 0 spiro atoms. The first-order valence-corrected chi connectivity index (χ1v) is 9.32. The first-order chi connectivity index (χ1) is 12.6. The molecular weight excluding hydrogens is 316 g/mol. The van der Waals surface area contributed by atoms with E-state index in [2.05, 4.69) is 97.4 Å². The third-order valence-corrected chi connectivity index (χ3v) is 5.32. The number of rotatable bonds is 3. The molecule has 0 radical (unpaired) electrons. The highest BCUT2D eigenvalue weighted by Gasteiger charge is 2.17. The van der Waals surface area contributed by atoms with Crippen LogP contribution in [-0.2, 0) is 0 Å². The molecule has 0 saturated carbocycles. The molecule has 1 saturated heterocycles. The third-order valence-electron chi connectivity index (χ3n) is 5.32. The summed E-state index contributed by atoms with van der Waals surface area (Å²) >= 11 is 0. The summed E-state index contributed by atoms with van der Waals surface area (Å²) in [5, 5.41) is 0. The molecule has 3 aromatic carbocycles. The van der Waals surface area contributed by atoms with Crippen LogP contribution >= 0.6 is 0 Å². The van der Waals surface area contributed by atoms with Crippen LogP contribution in [-0.4, -0.2) is 31.7 Å². The summed E-state index contributed by atoms with van der Waals surface area (Å²) in [5.74, 6) is 0. The van der Waals surface area contributed by atoms with Crippen LogP contribution in [0.3, 0.4) is 0 Å². The molecular formula is C24H26N2. The average molecular weight is 342 g/mol. The standard InChI is InChI=1S/C24H26N2/c1-18-15-22(20-7-5-4-6-8-20)16-19(2)24(18)21-9-11-23(12-10-21)26-14-13-25(3)17-26/h4-12,15-16H,13-14,17H2,1-3H3. The normalized spacial score (nSPS) is 14.8. The molecule has 0 aromatic heterocycles. The van der Waals surface area contributed by atoms with E-state index in [0.29, 0.717) is 0 Å². The fourth-order valence-electron chi connectivity index (χ4n) is 3.99. The van der Waals surface area contributed by atoms with Gasteiger partial charge < -0.3 is 4.90 Å². The summed E-state index contributed by atoms with van der Waals surface area (Å²) in [5.41, 5.74) is 9.20. The number of benzene rings is 3. The van der Waals surface area contributed by atoms with Gasteiger partial charge >= 0.3 is 0 Å². The van der Waals surface area contributed by atoms with Crippen LogP contribution in [0, 0.1) is 13.8 Å². The van der Waals surface area contributed by atoms with Gasteiger partial charge in [0.15, 0.2) is 0 Å². The molecule has 2 nitrogen and oxygen atoms in total. The molecule has 132 valence electrons. The van der Waals surface area contributed by atoms with Gasteiger partial charge in [-0.15, -0.1) is 0 Å². The van der Waals surface area contributed by atoms with Crippen LogP contribution in [0.25, 0.3) is 22.3 Å². The molecule has 0 unspecified atom stereocenters. The number of nitrogens with zero attached hydrogens (tertiary/aromatic N) is 2. The molecule has 1 aliphatic rings. The molecule has 2 heteroatoms. The van der Waals surface area contributed by atoms with E-state index in [1.165, 1.54) is 39.1 Å². The molecule has 1 aliphatic heterocycles. The van der Waals surface area contributed by atoms with Gasteiger partial charge in [-0.1, -0.05) is 54.6 Å². The fraction of sp³-hybridized carbons (Fsp3) is 0.250. The van der Waals surface area contributed by atoms with Crippen molar-refractivity contribution in [3.63, 3.8) is 0 Å². The lowest BCUT2D eigenvalue weighted by atomic mass is 9.91. The van der Waals surface area contributed by atoms with E-state index in [1.54, 1.807) is 0 Å². The highest BCUT2D eigenvalue weighted by Crippen LogP contribution is 2.33. The highest BCUT2D eigenvalue weighted by atomic mass is 15.4. The Bertz CT molecular complexity index is 874. The fourth-order valence-corrected chi connectivity index (χ4v) is 3.99. The van der Waals surface area contributed by atoms with Gasteiger partial charge in [0.05, 0.1) is 6.67 Å². The quantitative estimate of drug-likeness (QED) is 0.633. The van der Waals surface area contributed by atoms with Gasteiger partial charge in [0.2, 0.25) is 0 Å². The third kappa shape index (κ3) is 3.25. The van der Waals surface area contributed by atoms with Crippen LogP contribution in [0.4, 0.5) is 5.69 Å². The summed E-state index contributed by atoms with van der Waals surface area (Å²) in [6.45, 7) is 7.71. The highest BCUT2D eigenvalue weighted by molar-refractivity contribution is 5.77. The van der Waals surface area contributed by atoms with Crippen LogP contribution in [0.5, 0.6) is 0 Å². The summed E-state index contributed by atoms with van der Waals surface area (Å²) in [6.07, 6.45) is 0. The van der Waals surface area contributed by atoms with Crippen LogP contribution in [0.15, 0.2) is 66.7 Å². The van der Waals surface area contributed by atoms with E-state index in [0.717, 1.165) is 19.8 Å². The Morgan fingerprint density at radius 3 is 1.92 bits per heavy atom. The summed E-state index contributed by atoms with van der Waals surface area (Å²) in [6, 6.07) is 24.3. The minimum atomic E-state index is 1.02. The Hall–Kier alpha value is -2.58. The van der Waals surface area contributed by atoms with Crippen molar-refractivity contribution in [2.75, 3.05) is 31.7 Å². The Balaban J connectivity index is 1.65. The van der Waals surface area contributed by atoms with E-state index in [9.17, 15) is 0 Å². The zero-order valence-corrected chi connectivity index (χ0v) is 15.9. The lowest BCUT2D eigenvalue weighted by Gasteiger charge is -2.19. The van der Waals surface area contributed by atoms with Gasteiger partial charge in [-0.3, -0.25) is 4.90 Å². The SMILES string of the molecule is Cc1cc(-c2ccccc2)cc(C)c1-c1ccc(N2CCN(C)C2)cc1. The van der Waals surface area contributed by atoms with E-state index in [4.69, 9.17) is 0 Å². The molecule has 1 fully saturated rings. The topological polar surface area (TPSA) is 6.48 Å². The number of aryl methyl sites for hydroxylation is 2. The van der Waals surface area contributed by atoms with Crippen molar-refractivity contribution in [2.45, 2.75) is 13.8 Å². The Kier molecular flexibility index (Phi) is 4.52. The van der Waals surface area contributed by atoms with E-state index in [1.807, 2.05) is 0 Å². The zero-order valence-electron chi connectivity index (χ0n) is 15.9. The molecule has 26 heavy (non-hydrogen) atoms. The molecule has 3 aromatic rings. The summed E-state index contributed by atoms with van der Waals surface area (Å²) < 4.78 is 0. The minimum Gasteiger partial charge on any atom is -0.357 e. The predicted octanol–water partition coefficient (Wildman–Crippen LogP) is 5.35. The second-order valence-corrected chi connectivity index (χ2v) is 7.38. The van der Waals surface area contributed by atoms with E-state index in [-0.39, 0.29) is 0 Å². The Labute approximate surface area is 156 Å². The van der Waals surface area contributed by atoms with Gasteiger partial charge in [-0.25, -0.2) is 0 Å². The average Bonchev–Trinajstić information content (AvgIpc) is 3.09. The second-order valence-electron chi connectivity index (χ2n) is 7.38. The number of anilines is 1. The van der Waals surface area contributed by atoms with Crippen molar-refractivity contribution in [2.24, 2.45) is 0 Å².